The second kappa shape index (κ2) is 9.39. The van der Waals surface area contributed by atoms with E-state index in [1.165, 1.54) is 35.7 Å². The molecule has 9 heteroatoms. The van der Waals surface area contributed by atoms with E-state index in [-0.39, 0.29) is 11.5 Å². The predicted octanol–water partition coefficient (Wildman–Crippen LogP) is 5.01. The summed E-state index contributed by atoms with van der Waals surface area (Å²) in [4.78, 5) is 19.7. The molecule has 2 fully saturated rings. The molecule has 0 unspecified atom stereocenters. The van der Waals surface area contributed by atoms with Crippen molar-refractivity contribution in [3.8, 4) is 0 Å². The van der Waals surface area contributed by atoms with Crippen LogP contribution in [0.1, 0.15) is 48.5 Å². The fourth-order valence-electron chi connectivity index (χ4n) is 6.09. The Balaban J connectivity index is 1.18. The van der Waals surface area contributed by atoms with Crippen molar-refractivity contribution in [1.29, 1.82) is 0 Å². The lowest BCUT2D eigenvalue weighted by atomic mass is 9.73. The van der Waals surface area contributed by atoms with Crippen LogP contribution in [0.4, 0.5) is 17.5 Å². The van der Waals surface area contributed by atoms with Gasteiger partial charge in [0, 0.05) is 43.3 Å². The summed E-state index contributed by atoms with van der Waals surface area (Å²) in [6, 6.07) is 10.7. The minimum Gasteiger partial charge on any atom is -0.381 e. The van der Waals surface area contributed by atoms with Crippen LogP contribution < -0.4 is 21.3 Å². The number of nitrogens with zero attached hydrogens (tertiary/aromatic N) is 5. The number of nitrogen functional groups attached to an aromatic ring is 1. The fourth-order valence-corrected chi connectivity index (χ4v) is 7.29. The highest BCUT2D eigenvalue weighted by atomic mass is 35.5. The van der Waals surface area contributed by atoms with Gasteiger partial charge in [-0.3, -0.25) is 0 Å². The molecule has 2 aromatic heterocycles. The fraction of sp³-hybridized carbons (Fsp3) is 0.444. The smallest absolute Gasteiger partial charge is 0.158 e. The molecule has 0 amide bonds. The van der Waals surface area contributed by atoms with Crippen molar-refractivity contribution in [1.82, 2.24) is 15.0 Å². The van der Waals surface area contributed by atoms with E-state index in [1.54, 1.807) is 0 Å². The first kappa shape index (κ1) is 23.8. The maximum Gasteiger partial charge on any atom is 0.158 e. The predicted molar refractivity (Wildman–Crippen MR) is 147 cm³/mol. The van der Waals surface area contributed by atoms with Gasteiger partial charge < -0.3 is 21.3 Å². The van der Waals surface area contributed by atoms with E-state index in [2.05, 4.69) is 39.0 Å². The number of hydrogen-bond acceptors (Lipinski definition) is 8. The van der Waals surface area contributed by atoms with Gasteiger partial charge >= 0.3 is 0 Å². The lowest BCUT2D eigenvalue weighted by Gasteiger charge is -2.42. The van der Waals surface area contributed by atoms with E-state index in [4.69, 9.17) is 33.0 Å². The number of pyridine rings is 1. The summed E-state index contributed by atoms with van der Waals surface area (Å²) in [5.41, 5.74) is 16.9. The normalized spacial score (nSPS) is 20.8. The second-order valence-corrected chi connectivity index (χ2v) is 11.7. The maximum atomic E-state index is 6.76. The standard InChI is InChI=1S/C27H32ClN7S/c1-17-24(35-14-9-27(10-15-35)16-18-6-2-3-7-19(18)22(27)29)33-23(30)26(32-17)36-20-8-11-31-25(21(20)28)34-12-4-5-13-34/h2-3,6-8,11,22H,4-5,9-10,12-16,29H2,1H3,(H2,30,33)/t22-/m1/s1. The van der Waals surface area contributed by atoms with Gasteiger partial charge in [0.2, 0.25) is 0 Å². The summed E-state index contributed by atoms with van der Waals surface area (Å²) in [6.07, 6.45) is 7.28. The van der Waals surface area contributed by atoms with Crippen LogP contribution >= 0.6 is 23.4 Å². The Hall–Kier alpha value is -2.55. The third kappa shape index (κ3) is 4.09. The van der Waals surface area contributed by atoms with Gasteiger partial charge in [0.25, 0.3) is 0 Å². The van der Waals surface area contributed by atoms with Crippen molar-refractivity contribution in [2.75, 3.05) is 41.7 Å². The summed E-state index contributed by atoms with van der Waals surface area (Å²) in [6.45, 7) is 5.80. The van der Waals surface area contributed by atoms with E-state index >= 15 is 0 Å². The molecule has 0 bridgehead atoms. The van der Waals surface area contributed by atoms with Gasteiger partial charge in [-0.1, -0.05) is 47.6 Å². The van der Waals surface area contributed by atoms with E-state index in [1.807, 2.05) is 19.2 Å². The number of benzene rings is 1. The minimum atomic E-state index is 0.0995. The Morgan fingerprint density at radius 3 is 2.47 bits per heavy atom. The topological polar surface area (TPSA) is 97.2 Å². The number of fused-ring (bicyclic) bond motifs is 1. The molecule has 36 heavy (non-hydrogen) atoms. The average Bonchev–Trinajstić information content (AvgIpc) is 3.51. The molecule has 0 saturated carbocycles. The number of rotatable bonds is 4. The van der Waals surface area contributed by atoms with Gasteiger partial charge in [-0.05, 0) is 61.6 Å². The first-order valence-corrected chi connectivity index (χ1v) is 13.9. The Bertz CT molecular complexity index is 1290. The molecule has 188 valence electrons. The SMILES string of the molecule is Cc1nc(Sc2ccnc(N3CCCC3)c2Cl)c(N)nc1N1CCC2(CC1)Cc1ccccc1[C@H]2N. The van der Waals surface area contributed by atoms with Gasteiger partial charge in [-0.25, -0.2) is 15.0 Å². The Morgan fingerprint density at radius 2 is 1.72 bits per heavy atom. The summed E-state index contributed by atoms with van der Waals surface area (Å²) in [5.74, 6) is 2.14. The Labute approximate surface area is 221 Å². The molecule has 1 aromatic carbocycles. The molecular formula is C27H32ClN7S. The molecule has 6 rings (SSSR count). The van der Waals surface area contributed by atoms with Crippen LogP contribution in [0.15, 0.2) is 46.5 Å². The van der Waals surface area contributed by atoms with E-state index in [9.17, 15) is 0 Å². The van der Waals surface area contributed by atoms with Crippen LogP contribution in [0, 0.1) is 12.3 Å². The van der Waals surface area contributed by atoms with Crippen LogP contribution in [0.5, 0.6) is 0 Å². The molecule has 4 N–H and O–H groups in total. The molecule has 2 aliphatic heterocycles. The highest BCUT2D eigenvalue weighted by Crippen LogP contribution is 2.51. The molecule has 0 radical (unpaired) electrons. The molecular weight excluding hydrogens is 490 g/mol. The summed E-state index contributed by atoms with van der Waals surface area (Å²) >= 11 is 8.22. The molecule has 4 heterocycles. The van der Waals surface area contributed by atoms with Gasteiger partial charge in [0.1, 0.15) is 10.8 Å². The van der Waals surface area contributed by atoms with Crippen LogP contribution in [0.2, 0.25) is 5.02 Å². The third-order valence-electron chi connectivity index (χ3n) is 8.14. The number of nitrogens with two attached hydrogens (primary N) is 2. The largest absolute Gasteiger partial charge is 0.381 e. The number of aromatic nitrogens is 3. The second-order valence-electron chi connectivity index (χ2n) is 10.3. The number of anilines is 3. The van der Waals surface area contributed by atoms with E-state index in [0.29, 0.717) is 15.9 Å². The summed E-state index contributed by atoms with van der Waals surface area (Å²) in [7, 11) is 0. The van der Waals surface area contributed by atoms with Crippen LogP contribution in [0.25, 0.3) is 0 Å². The maximum absolute atomic E-state index is 6.76. The molecule has 3 aromatic rings. The molecule has 3 aliphatic rings. The van der Waals surface area contributed by atoms with Crippen molar-refractivity contribution in [3.63, 3.8) is 0 Å². The monoisotopic (exact) mass is 521 g/mol. The molecule has 1 aliphatic carbocycles. The van der Waals surface area contributed by atoms with Crippen molar-refractivity contribution in [2.24, 2.45) is 11.1 Å². The highest BCUT2D eigenvalue weighted by molar-refractivity contribution is 7.99. The molecule has 2 saturated heterocycles. The van der Waals surface area contributed by atoms with Gasteiger partial charge in [-0.15, -0.1) is 0 Å². The van der Waals surface area contributed by atoms with Crippen molar-refractivity contribution < 1.29 is 0 Å². The van der Waals surface area contributed by atoms with Crippen molar-refractivity contribution in [3.05, 3.63) is 58.4 Å². The third-order valence-corrected chi connectivity index (χ3v) is 9.68. The van der Waals surface area contributed by atoms with Crippen LogP contribution in [0.3, 0.4) is 0 Å². The number of aryl methyl sites for hydroxylation is 1. The lowest BCUT2D eigenvalue weighted by Crippen LogP contribution is -2.45. The number of hydrogen-bond donors (Lipinski definition) is 2. The Morgan fingerprint density at radius 1 is 1.00 bits per heavy atom. The van der Waals surface area contributed by atoms with E-state index in [0.717, 1.165) is 67.7 Å². The van der Waals surface area contributed by atoms with E-state index < -0.39 is 0 Å². The van der Waals surface area contributed by atoms with Crippen LogP contribution in [-0.4, -0.2) is 41.1 Å². The molecule has 1 spiro atoms. The first-order valence-electron chi connectivity index (χ1n) is 12.7. The minimum absolute atomic E-state index is 0.0995. The van der Waals surface area contributed by atoms with Crippen LogP contribution in [-0.2, 0) is 6.42 Å². The van der Waals surface area contributed by atoms with Crippen molar-refractivity contribution >= 4 is 40.8 Å². The quantitative estimate of drug-likeness (QED) is 0.494. The molecule has 1 atom stereocenters. The van der Waals surface area contributed by atoms with Gasteiger partial charge in [0.05, 0.1) is 10.7 Å². The zero-order chi connectivity index (χ0) is 24.9. The zero-order valence-electron chi connectivity index (χ0n) is 20.6. The van der Waals surface area contributed by atoms with Gasteiger partial charge in [0.15, 0.2) is 11.6 Å². The number of halogens is 1. The highest BCUT2D eigenvalue weighted by Gasteiger charge is 2.46. The zero-order valence-corrected chi connectivity index (χ0v) is 22.2. The Kier molecular flexibility index (Phi) is 6.22. The van der Waals surface area contributed by atoms with Gasteiger partial charge in [-0.2, -0.15) is 0 Å². The number of piperidine rings is 1. The van der Waals surface area contributed by atoms with Crippen molar-refractivity contribution in [2.45, 2.75) is 55.0 Å². The lowest BCUT2D eigenvalue weighted by molar-refractivity contribution is 0.187. The molecule has 7 nitrogen and oxygen atoms in total. The summed E-state index contributed by atoms with van der Waals surface area (Å²) < 4.78 is 0. The average molecular weight is 522 g/mol. The summed E-state index contributed by atoms with van der Waals surface area (Å²) in [5, 5.41) is 1.33. The first-order chi connectivity index (χ1) is 17.4.